The molecular formula is C40H70. The lowest BCUT2D eigenvalue weighted by molar-refractivity contribution is -0.0702. The number of rotatable bonds is 14. The third kappa shape index (κ3) is 5.64. The Morgan fingerprint density at radius 3 is 1.77 bits per heavy atom. The predicted molar refractivity (Wildman–Crippen MR) is 173 cm³/mol. The van der Waals surface area contributed by atoms with Crippen molar-refractivity contribution >= 4 is 0 Å². The van der Waals surface area contributed by atoms with E-state index in [0.717, 1.165) is 94.7 Å². The second-order valence-electron chi connectivity index (χ2n) is 18.1. The molecule has 6 fully saturated rings. The van der Waals surface area contributed by atoms with Gasteiger partial charge in [-0.1, -0.05) is 61.8 Å². The van der Waals surface area contributed by atoms with Gasteiger partial charge in [-0.3, -0.25) is 0 Å². The van der Waals surface area contributed by atoms with E-state index in [1.54, 1.807) is 70.6 Å². The highest BCUT2D eigenvalue weighted by molar-refractivity contribution is 5.03. The normalized spacial score (nSPS) is 53.5. The van der Waals surface area contributed by atoms with Crippen molar-refractivity contribution in [1.29, 1.82) is 0 Å². The molecular weight excluding hydrogens is 480 g/mol. The summed E-state index contributed by atoms with van der Waals surface area (Å²) in [5.41, 5.74) is 0.686. The van der Waals surface area contributed by atoms with Crippen LogP contribution in [0.1, 0.15) is 152 Å². The summed E-state index contributed by atoms with van der Waals surface area (Å²) in [4.78, 5) is 0. The fourth-order valence-corrected chi connectivity index (χ4v) is 12.2. The van der Waals surface area contributed by atoms with Crippen LogP contribution >= 0.6 is 0 Å². The van der Waals surface area contributed by atoms with E-state index in [0.29, 0.717) is 5.41 Å². The minimum Gasteiger partial charge on any atom is -0.0651 e. The standard InChI is InChI=1S/C40H70/c1-9-25(3)40(19-17-38-30(8)37(38)15-14-36-27(5)28(36)6)18-16-35-22-34(39(35)23-40)13-12-33-21-32(29(33)7)11-10-31-20-24(2)26(31)4/h24-39H,9-23H2,1-8H3. The van der Waals surface area contributed by atoms with Crippen LogP contribution in [-0.2, 0) is 0 Å². The van der Waals surface area contributed by atoms with Crippen LogP contribution in [0.2, 0.25) is 0 Å². The summed E-state index contributed by atoms with van der Waals surface area (Å²) < 4.78 is 0. The Kier molecular flexibility index (Phi) is 8.88. The topological polar surface area (TPSA) is 0 Å². The van der Waals surface area contributed by atoms with Gasteiger partial charge in [-0.05, 0) is 190 Å². The second-order valence-corrected chi connectivity index (χ2v) is 18.1. The summed E-state index contributed by atoms with van der Waals surface area (Å²) in [5.74, 6) is 16.7. The van der Waals surface area contributed by atoms with Gasteiger partial charge in [0.2, 0.25) is 0 Å². The first-order chi connectivity index (χ1) is 19.1. The average Bonchev–Trinajstić information content (AvgIpc) is 3.77. The molecule has 0 heterocycles. The molecule has 16 atom stereocenters. The van der Waals surface area contributed by atoms with E-state index in [2.05, 4.69) is 55.4 Å². The van der Waals surface area contributed by atoms with Crippen LogP contribution in [-0.4, -0.2) is 0 Å². The third-order valence-electron chi connectivity index (χ3n) is 17.0. The van der Waals surface area contributed by atoms with Crippen LogP contribution in [0.25, 0.3) is 0 Å². The maximum Gasteiger partial charge on any atom is -0.0269 e. The van der Waals surface area contributed by atoms with Crippen LogP contribution in [0.3, 0.4) is 0 Å². The van der Waals surface area contributed by atoms with Crippen LogP contribution in [0.15, 0.2) is 0 Å². The van der Waals surface area contributed by atoms with Gasteiger partial charge in [0.15, 0.2) is 0 Å². The fraction of sp³-hybridized carbons (Fsp3) is 1.00. The Balaban J connectivity index is 0.941. The summed E-state index contributed by atoms with van der Waals surface area (Å²) in [6.07, 6.45) is 23.3. The van der Waals surface area contributed by atoms with Gasteiger partial charge in [0.25, 0.3) is 0 Å². The lowest BCUT2D eigenvalue weighted by Crippen LogP contribution is -2.48. The number of hydrogen-bond acceptors (Lipinski definition) is 0. The fourth-order valence-electron chi connectivity index (χ4n) is 12.2. The SMILES string of the molecule is CCC(C)C1(CCC2C(C)C2CCC2C(C)C2C)CCC2CC(CCC3CC(CCC4CC(C)C4C)C3C)C2C1. The molecule has 0 radical (unpaired) electrons. The molecule has 0 aliphatic heterocycles. The highest BCUT2D eigenvalue weighted by Gasteiger charge is 2.53. The summed E-state index contributed by atoms with van der Waals surface area (Å²) in [7, 11) is 0. The van der Waals surface area contributed by atoms with Crippen molar-refractivity contribution in [3.8, 4) is 0 Å². The van der Waals surface area contributed by atoms with Crippen LogP contribution in [0.4, 0.5) is 0 Å². The molecule has 16 unspecified atom stereocenters. The van der Waals surface area contributed by atoms with Crippen molar-refractivity contribution in [2.45, 2.75) is 152 Å². The van der Waals surface area contributed by atoms with Crippen molar-refractivity contribution in [1.82, 2.24) is 0 Å². The minimum atomic E-state index is 0.686. The smallest absolute Gasteiger partial charge is 0.0269 e. The molecule has 6 aliphatic rings. The average molecular weight is 551 g/mol. The Morgan fingerprint density at radius 2 is 1.20 bits per heavy atom. The first kappa shape index (κ1) is 30.0. The van der Waals surface area contributed by atoms with Gasteiger partial charge in [-0.15, -0.1) is 0 Å². The van der Waals surface area contributed by atoms with E-state index in [4.69, 9.17) is 0 Å². The van der Waals surface area contributed by atoms with E-state index >= 15 is 0 Å². The molecule has 0 bridgehead atoms. The quantitative estimate of drug-likeness (QED) is 0.202. The zero-order chi connectivity index (χ0) is 28.3. The second kappa shape index (κ2) is 11.8. The molecule has 0 nitrogen and oxygen atoms in total. The van der Waals surface area contributed by atoms with Gasteiger partial charge in [-0.2, -0.15) is 0 Å². The Labute approximate surface area is 251 Å². The van der Waals surface area contributed by atoms with Gasteiger partial charge in [0.05, 0.1) is 0 Å². The molecule has 0 saturated heterocycles. The van der Waals surface area contributed by atoms with E-state index in [-0.39, 0.29) is 0 Å². The van der Waals surface area contributed by atoms with Crippen LogP contribution in [0.5, 0.6) is 0 Å². The summed E-state index contributed by atoms with van der Waals surface area (Å²) >= 11 is 0. The molecule has 0 amide bonds. The highest BCUT2D eigenvalue weighted by Crippen LogP contribution is 2.63. The van der Waals surface area contributed by atoms with Gasteiger partial charge in [0, 0.05) is 0 Å². The van der Waals surface area contributed by atoms with Gasteiger partial charge >= 0.3 is 0 Å². The Morgan fingerprint density at radius 1 is 0.600 bits per heavy atom. The maximum atomic E-state index is 2.65. The lowest BCUT2D eigenvalue weighted by atomic mass is 9.48. The molecule has 6 aliphatic carbocycles. The first-order valence-corrected chi connectivity index (χ1v) is 19.1. The Hall–Kier alpha value is 0. The third-order valence-corrected chi connectivity index (χ3v) is 17.0. The van der Waals surface area contributed by atoms with Crippen molar-refractivity contribution in [2.75, 3.05) is 0 Å². The van der Waals surface area contributed by atoms with Crippen molar-refractivity contribution < 1.29 is 0 Å². The van der Waals surface area contributed by atoms with E-state index in [9.17, 15) is 0 Å². The van der Waals surface area contributed by atoms with Gasteiger partial charge < -0.3 is 0 Å². The molecule has 6 rings (SSSR count). The molecule has 0 aromatic carbocycles. The molecule has 0 spiro atoms. The van der Waals surface area contributed by atoms with Gasteiger partial charge in [0.1, 0.15) is 0 Å². The van der Waals surface area contributed by atoms with Gasteiger partial charge in [-0.25, -0.2) is 0 Å². The largest absolute Gasteiger partial charge is 0.0651 e. The van der Waals surface area contributed by atoms with Crippen molar-refractivity contribution in [3.05, 3.63) is 0 Å². The van der Waals surface area contributed by atoms with Crippen LogP contribution in [0, 0.1) is 100 Å². The first-order valence-electron chi connectivity index (χ1n) is 19.1. The van der Waals surface area contributed by atoms with Crippen LogP contribution < -0.4 is 0 Å². The zero-order valence-corrected chi connectivity index (χ0v) is 28.3. The predicted octanol–water partition coefficient (Wildman–Crippen LogP) is 11.9. The monoisotopic (exact) mass is 551 g/mol. The lowest BCUT2D eigenvalue weighted by Gasteiger charge is -2.57. The zero-order valence-electron chi connectivity index (χ0n) is 28.3. The Bertz CT molecular complexity index is 835. The maximum absolute atomic E-state index is 2.65. The minimum absolute atomic E-state index is 0.686. The molecule has 0 aromatic heterocycles. The molecule has 230 valence electrons. The number of fused-ring (bicyclic) bond motifs is 1. The highest BCUT2D eigenvalue weighted by atomic mass is 14.6. The van der Waals surface area contributed by atoms with E-state index < -0.39 is 0 Å². The molecule has 6 saturated carbocycles. The van der Waals surface area contributed by atoms with Crippen molar-refractivity contribution in [3.63, 3.8) is 0 Å². The van der Waals surface area contributed by atoms with Crippen molar-refractivity contribution in [2.24, 2.45) is 100 Å². The summed E-state index contributed by atoms with van der Waals surface area (Å²) in [6, 6.07) is 0. The molecule has 40 heavy (non-hydrogen) atoms. The van der Waals surface area contributed by atoms with E-state index in [1.165, 1.54) is 25.7 Å². The number of hydrogen-bond donors (Lipinski definition) is 0. The molecule has 0 heteroatoms. The molecule has 0 aromatic rings. The van der Waals surface area contributed by atoms with E-state index in [1.807, 2.05) is 0 Å². The summed E-state index contributed by atoms with van der Waals surface area (Å²) in [5, 5.41) is 0. The summed E-state index contributed by atoms with van der Waals surface area (Å²) in [6.45, 7) is 20.3. The molecule has 0 N–H and O–H groups in total.